The molecule has 12 heteroatoms. The number of carbonyl (C=O) groups is 4. The maximum Gasteiger partial charge on any atom is 0.342 e. The van der Waals surface area contributed by atoms with Gasteiger partial charge in [0.15, 0.2) is 11.4 Å². The number of amides is 1. The summed E-state index contributed by atoms with van der Waals surface area (Å²) in [5.41, 5.74) is -2.16. The number of aliphatic hydroxyl groups is 3. The Morgan fingerprint density at radius 2 is 1.74 bits per heavy atom. The number of ketones is 2. The summed E-state index contributed by atoms with van der Waals surface area (Å²) in [5.74, 6) is -8.25. The first kappa shape index (κ1) is 32.9. The van der Waals surface area contributed by atoms with Crippen LogP contribution in [0.4, 0.5) is 0 Å². The molecule has 0 heterocycles. The van der Waals surface area contributed by atoms with Crippen LogP contribution >= 0.6 is 0 Å². The van der Waals surface area contributed by atoms with Gasteiger partial charge in [-0.2, -0.15) is 0 Å². The van der Waals surface area contributed by atoms with E-state index in [1.54, 1.807) is 30.3 Å². The molecule has 0 fully saturated rings. The molecule has 12 nitrogen and oxygen atoms in total. The van der Waals surface area contributed by atoms with Gasteiger partial charge in [0.05, 0.1) is 11.6 Å². The summed E-state index contributed by atoms with van der Waals surface area (Å²) >= 11 is 0. The van der Waals surface area contributed by atoms with E-state index in [0.717, 1.165) is 13.1 Å². The fourth-order valence-corrected chi connectivity index (χ4v) is 7.29. The molecule has 46 heavy (non-hydrogen) atoms. The number of aliphatic hydroxyl groups excluding tert-OH is 2. The molecule has 2 aromatic carbocycles. The van der Waals surface area contributed by atoms with Crippen molar-refractivity contribution in [2.75, 3.05) is 40.3 Å². The lowest BCUT2D eigenvalue weighted by Gasteiger charge is -2.50. The molecule has 0 saturated heterocycles. The van der Waals surface area contributed by atoms with Gasteiger partial charge in [0.1, 0.15) is 22.8 Å². The molecule has 5 rings (SSSR count). The summed E-state index contributed by atoms with van der Waals surface area (Å²) in [6.45, 7) is 7.02. The molecule has 0 saturated carbocycles. The van der Waals surface area contributed by atoms with Crippen molar-refractivity contribution in [2.24, 2.45) is 11.8 Å². The highest BCUT2D eigenvalue weighted by Crippen LogP contribution is 2.53. The molecule has 0 unspecified atom stereocenters. The number of likely N-dealkylation sites (N-methyl/N-ethyl adjacent to an activating group) is 2. The van der Waals surface area contributed by atoms with Crippen molar-refractivity contribution in [2.45, 2.75) is 38.3 Å². The second-order valence-corrected chi connectivity index (χ2v) is 12.3. The van der Waals surface area contributed by atoms with Gasteiger partial charge in [-0.3, -0.25) is 19.3 Å². The number of aliphatic carboxylic acids is 1. The molecule has 3 aliphatic rings. The monoisotopic (exact) mass is 633 g/mol. The number of allylic oxidation sites excluding steroid dienone is 1. The van der Waals surface area contributed by atoms with E-state index in [4.69, 9.17) is 0 Å². The summed E-state index contributed by atoms with van der Waals surface area (Å²) in [6.07, 6.45) is 0.0539. The molecule has 244 valence electrons. The first-order valence-electron chi connectivity index (χ1n) is 15.3. The molecule has 0 bridgehead atoms. The highest BCUT2D eigenvalue weighted by molar-refractivity contribution is 6.23. The van der Waals surface area contributed by atoms with E-state index in [9.17, 15) is 44.7 Å². The number of hydrogen-bond donors (Lipinski definition) is 6. The molecule has 2 aromatic rings. The minimum Gasteiger partial charge on any atom is -0.510 e. The van der Waals surface area contributed by atoms with Gasteiger partial charge in [-0.25, -0.2) is 4.79 Å². The van der Waals surface area contributed by atoms with Gasteiger partial charge in [0.2, 0.25) is 5.78 Å². The molecular weight excluding hydrogens is 594 g/mol. The molecule has 0 aromatic heterocycles. The SMILES string of the molecule is CCN(CC)CCNC(=O)c1cccc(-c2ccc(O)c3c2C[C@H]2C[C@H]4[C@H](N(C)C)C(O)=C(C(=O)O)C(=O)[C@@]4(O)C(O)=C2C3=O)c1. The Labute approximate surface area is 266 Å². The van der Waals surface area contributed by atoms with Crippen LogP contribution in [-0.2, 0) is 16.0 Å². The normalized spacial score (nSPS) is 24.2. The van der Waals surface area contributed by atoms with Crippen molar-refractivity contribution in [3.63, 3.8) is 0 Å². The van der Waals surface area contributed by atoms with E-state index in [1.165, 1.54) is 25.1 Å². The van der Waals surface area contributed by atoms with Crippen molar-refractivity contribution < 1.29 is 44.7 Å². The number of Topliss-reactive ketones (excluding diaryl/α,β-unsaturated/α-hetero) is 2. The summed E-state index contributed by atoms with van der Waals surface area (Å²) < 4.78 is 0. The topological polar surface area (TPSA) is 188 Å². The summed E-state index contributed by atoms with van der Waals surface area (Å²) in [5, 5.41) is 57.6. The van der Waals surface area contributed by atoms with Crippen LogP contribution in [-0.4, -0.2) is 111 Å². The van der Waals surface area contributed by atoms with Crippen molar-refractivity contribution in [3.8, 4) is 16.9 Å². The predicted octanol–water partition coefficient (Wildman–Crippen LogP) is 2.46. The average Bonchev–Trinajstić information content (AvgIpc) is 3.01. The Hall–Kier alpha value is -4.52. The standard InChI is InChI=1S/C34H39N3O9/c1-5-37(6-2)13-12-35-32(43)18-9-7-8-17(14-18)20-10-11-23(38)25-21(20)15-19-16-22-27(36(3)4)29(40)26(33(44)45)31(42)34(22,46)30(41)24(19)28(25)39/h7-11,14,19,22,27,38,40-41,46H,5-6,12-13,15-16H2,1-4H3,(H,35,43)(H,44,45)/t19-,22-,27-,34-/m0/s1. The number of carboxylic acids is 1. The molecule has 3 aliphatic carbocycles. The minimum atomic E-state index is -2.78. The minimum absolute atomic E-state index is 0.0588. The Bertz CT molecular complexity index is 1690. The maximum absolute atomic E-state index is 14.0. The second-order valence-electron chi connectivity index (χ2n) is 12.3. The van der Waals surface area contributed by atoms with E-state index >= 15 is 0 Å². The number of nitrogens with one attached hydrogen (secondary N) is 1. The zero-order valence-corrected chi connectivity index (χ0v) is 26.2. The van der Waals surface area contributed by atoms with Gasteiger partial charge in [0, 0.05) is 30.1 Å². The number of phenols is 1. The predicted molar refractivity (Wildman–Crippen MR) is 168 cm³/mol. The van der Waals surface area contributed by atoms with E-state index in [-0.39, 0.29) is 35.6 Å². The number of nitrogens with zero attached hydrogens (tertiary/aromatic N) is 2. The number of rotatable bonds is 9. The van der Waals surface area contributed by atoms with Gasteiger partial charge in [-0.1, -0.05) is 32.0 Å². The van der Waals surface area contributed by atoms with Gasteiger partial charge in [-0.15, -0.1) is 0 Å². The Balaban J connectivity index is 1.56. The van der Waals surface area contributed by atoms with E-state index in [2.05, 4.69) is 24.1 Å². The van der Waals surface area contributed by atoms with E-state index < -0.39 is 58.1 Å². The van der Waals surface area contributed by atoms with Gasteiger partial charge < -0.3 is 35.7 Å². The van der Waals surface area contributed by atoms with Crippen LogP contribution in [0.25, 0.3) is 11.1 Å². The molecular formula is C34H39N3O9. The third-order valence-electron chi connectivity index (χ3n) is 9.62. The highest BCUT2D eigenvalue weighted by Gasteiger charge is 2.63. The number of carbonyl (C=O) groups excluding carboxylic acids is 3. The Kier molecular flexibility index (Phi) is 8.82. The smallest absolute Gasteiger partial charge is 0.342 e. The Morgan fingerprint density at radius 1 is 1.04 bits per heavy atom. The van der Waals surface area contributed by atoms with Crippen LogP contribution in [0.15, 0.2) is 59.1 Å². The Morgan fingerprint density at radius 3 is 2.37 bits per heavy atom. The summed E-state index contributed by atoms with van der Waals surface area (Å²) in [4.78, 5) is 56.0. The number of phenolic OH excluding ortho intramolecular Hbond substituents is 1. The lowest BCUT2D eigenvalue weighted by Crippen LogP contribution is -2.63. The van der Waals surface area contributed by atoms with Gasteiger partial charge in [0.25, 0.3) is 5.91 Å². The number of aromatic hydroxyl groups is 1. The highest BCUT2D eigenvalue weighted by atomic mass is 16.4. The maximum atomic E-state index is 14.0. The van der Waals surface area contributed by atoms with Crippen LogP contribution in [0, 0.1) is 11.8 Å². The van der Waals surface area contributed by atoms with Crippen LogP contribution < -0.4 is 5.32 Å². The lowest BCUT2D eigenvalue weighted by molar-refractivity contribution is -0.151. The van der Waals surface area contributed by atoms with Crippen LogP contribution in [0.2, 0.25) is 0 Å². The number of fused-ring (bicyclic) bond motifs is 3. The fraction of sp³-hybridized carbons (Fsp3) is 0.412. The van der Waals surface area contributed by atoms with E-state index in [0.29, 0.717) is 35.3 Å². The third kappa shape index (κ3) is 5.16. The van der Waals surface area contributed by atoms with Crippen molar-refractivity contribution in [3.05, 3.63) is 75.8 Å². The summed E-state index contributed by atoms with van der Waals surface area (Å²) in [7, 11) is 3.08. The number of hydrogen-bond acceptors (Lipinski definition) is 10. The van der Waals surface area contributed by atoms with Crippen molar-refractivity contribution >= 4 is 23.4 Å². The summed E-state index contributed by atoms with van der Waals surface area (Å²) in [6, 6.07) is 8.71. The van der Waals surface area contributed by atoms with Crippen LogP contribution in [0.3, 0.4) is 0 Å². The number of carboxylic acid groups (broad SMARTS) is 1. The van der Waals surface area contributed by atoms with Crippen molar-refractivity contribution in [1.82, 2.24) is 15.1 Å². The average molecular weight is 634 g/mol. The van der Waals surface area contributed by atoms with Crippen molar-refractivity contribution in [1.29, 1.82) is 0 Å². The van der Waals surface area contributed by atoms with Gasteiger partial charge >= 0.3 is 5.97 Å². The first-order valence-corrected chi connectivity index (χ1v) is 15.3. The molecule has 4 atom stereocenters. The molecule has 0 aliphatic heterocycles. The quantitative estimate of drug-likeness (QED) is 0.223. The lowest BCUT2D eigenvalue weighted by atomic mass is 9.58. The zero-order valence-electron chi connectivity index (χ0n) is 26.2. The largest absolute Gasteiger partial charge is 0.510 e. The molecule has 1 amide bonds. The molecule has 6 N–H and O–H groups in total. The molecule has 0 spiro atoms. The first-order chi connectivity index (χ1) is 21.8. The second kappa shape index (κ2) is 12.3. The van der Waals surface area contributed by atoms with Crippen LogP contribution in [0.1, 0.15) is 46.5 Å². The van der Waals surface area contributed by atoms with E-state index in [1.807, 2.05) is 0 Å². The third-order valence-corrected chi connectivity index (χ3v) is 9.62. The fourth-order valence-electron chi connectivity index (χ4n) is 7.29. The number of benzene rings is 2. The van der Waals surface area contributed by atoms with Gasteiger partial charge in [-0.05, 0) is 80.8 Å². The zero-order chi connectivity index (χ0) is 33.7. The van der Waals surface area contributed by atoms with Crippen LogP contribution in [0.5, 0.6) is 5.75 Å². The molecule has 0 radical (unpaired) electrons.